The van der Waals surface area contributed by atoms with Gasteiger partial charge in [0, 0.05) is 0 Å². The average molecular weight is 264 g/mol. The predicted molar refractivity (Wildman–Crippen MR) is 74.2 cm³/mol. The van der Waals surface area contributed by atoms with Crippen molar-refractivity contribution in [2.24, 2.45) is 10.9 Å². The van der Waals surface area contributed by atoms with Crippen LogP contribution < -0.4 is 5.73 Å². The molecule has 5 nitrogen and oxygen atoms in total. The van der Waals surface area contributed by atoms with Gasteiger partial charge in [-0.1, -0.05) is 29.4 Å². The van der Waals surface area contributed by atoms with Crippen LogP contribution in [0, 0.1) is 0 Å². The van der Waals surface area contributed by atoms with Crippen molar-refractivity contribution in [2.45, 2.75) is 39.3 Å². The highest BCUT2D eigenvalue weighted by atomic mass is 16.6. The molecule has 19 heavy (non-hydrogen) atoms. The number of oxime groups is 1. The van der Waals surface area contributed by atoms with Gasteiger partial charge in [-0.05, 0) is 38.3 Å². The lowest BCUT2D eigenvalue weighted by molar-refractivity contribution is -0.138. The van der Waals surface area contributed by atoms with Crippen LogP contribution in [0.15, 0.2) is 29.4 Å². The topological polar surface area (TPSA) is 84.9 Å². The average Bonchev–Trinajstić information content (AvgIpc) is 2.36. The molecule has 0 aromatic heterocycles. The van der Waals surface area contributed by atoms with E-state index in [-0.39, 0.29) is 6.10 Å². The van der Waals surface area contributed by atoms with Gasteiger partial charge >= 0.3 is 5.97 Å². The van der Waals surface area contributed by atoms with E-state index in [1.165, 1.54) is 0 Å². The molecule has 0 saturated heterocycles. The first-order valence-corrected chi connectivity index (χ1v) is 6.18. The van der Waals surface area contributed by atoms with Crippen molar-refractivity contribution in [1.82, 2.24) is 0 Å². The summed E-state index contributed by atoms with van der Waals surface area (Å²) in [7, 11) is 0. The van der Waals surface area contributed by atoms with E-state index in [2.05, 4.69) is 5.16 Å². The standard InChI is InChI=1S/C14H20N2O3/c1-9(2)19-16-10(3)12-6-4-11(5-7-12)8-13(15)14(17)18/h4-7,9,13H,8,15H2,1-3H3,(H,17,18)/b16-10-. The number of rotatable bonds is 6. The van der Waals surface area contributed by atoms with Gasteiger partial charge in [-0.25, -0.2) is 0 Å². The minimum absolute atomic E-state index is 0.0442. The van der Waals surface area contributed by atoms with Crippen LogP contribution >= 0.6 is 0 Å². The van der Waals surface area contributed by atoms with E-state index >= 15 is 0 Å². The van der Waals surface area contributed by atoms with Crippen molar-refractivity contribution in [3.05, 3.63) is 35.4 Å². The summed E-state index contributed by atoms with van der Waals surface area (Å²) < 4.78 is 0. The SMILES string of the molecule is C/C(=N/OC(C)C)c1ccc(CC(N)C(=O)O)cc1. The van der Waals surface area contributed by atoms with Crippen LogP contribution in [-0.2, 0) is 16.1 Å². The Morgan fingerprint density at radius 2 is 1.95 bits per heavy atom. The Hall–Kier alpha value is -1.88. The summed E-state index contributed by atoms with van der Waals surface area (Å²) >= 11 is 0. The molecule has 0 spiro atoms. The molecule has 1 rings (SSSR count). The molecule has 0 saturated carbocycles. The van der Waals surface area contributed by atoms with Crippen LogP contribution in [0.3, 0.4) is 0 Å². The Kier molecular flexibility index (Phi) is 5.51. The number of carboxylic acids is 1. The molecule has 1 atom stereocenters. The van der Waals surface area contributed by atoms with Crippen LogP contribution in [0.4, 0.5) is 0 Å². The summed E-state index contributed by atoms with van der Waals surface area (Å²) in [6, 6.07) is 6.60. The number of carbonyl (C=O) groups is 1. The minimum Gasteiger partial charge on any atom is -0.480 e. The number of hydrogen-bond donors (Lipinski definition) is 2. The fraction of sp³-hybridized carbons (Fsp3) is 0.429. The summed E-state index contributed by atoms with van der Waals surface area (Å²) in [6.45, 7) is 5.68. The molecule has 1 aromatic carbocycles. The molecule has 0 bridgehead atoms. The molecule has 0 aliphatic heterocycles. The van der Waals surface area contributed by atoms with Crippen molar-refractivity contribution in [1.29, 1.82) is 0 Å². The number of nitrogens with two attached hydrogens (primary N) is 1. The van der Waals surface area contributed by atoms with Crippen molar-refractivity contribution >= 4 is 11.7 Å². The largest absolute Gasteiger partial charge is 0.480 e. The molecule has 1 unspecified atom stereocenters. The zero-order valence-electron chi connectivity index (χ0n) is 11.5. The van der Waals surface area contributed by atoms with E-state index < -0.39 is 12.0 Å². The molecule has 3 N–H and O–H groups in total. The van der Waals surface area contributed by atoms with E-state index in [9.17, 15) is 4.79 Å². The summed E-state index contributed by atoms with van der Waals surface area (Å²) in [4.78, 5) is 15.8. The summed E-state index contributed by atoms with van der Waals surface area (Å²) in [6.07, 6.45) is 0.358. The lowest BCUT2D eigenvalue weighted by Gasteiger charge is -2.08. The minimum atomic E-state index is -0.993. The van der Waals surface area contributed by atoms with E-state index in [0.717, 1.165) is 16.8 Å². The van der Waals surface area contributed by atoms with Crippen LogP contribution in [0.2, 0.25) is 0 Å². The van der Waals surface area contributed by atoms with Crippen LogP contribution in [-0.4, -0.2) is 28.9 Å². The second-order valence-electron chi connectivity index (χ2n) is 4.68. The highest BCUT2D eigenvalue weighted by Crippen LogP contribution is 2.08. The molecule has 1 aromatic rings. The van der Waals surface area contributed by atoms with Gasteiger partial charge in [-0.2, -0.15) is 0 Å². The van der Waals surface area contributed by atoms with Crippen LogP contribution in [0.25, 0.3) is 0 Å². The Labute approximate surface area is 113 Å². The Morgan fingerprint density at radius 3 is 2.42 bits per heavy atom. The van der Waals surface area contributed by atoms with Gasteiger partial charge in [0.15, 0.2) is 0 Å². The molecule has 5 heteroatoms. The lowest BCUT2D eigenvalue weighted by atomic mass is 10.0. The monoisotopic (exact) mass is 264 g/mol. The van der Waals surface area contributed by atoms with Crippen molar-refractivity contribution < 1.29 is 14.7 Å². The van der Waals surface area contributed by atoms with Gasteiger partial charge in [-0.15, -0.1) is 0 Å². The molecule has 0 amide bonds. The molecule has 0 fully saturated rings. The van der Waals surface area contributed by atoms with Gasteiger partial charge in [0.2, 0.25) is 0 Å². The van der Waals surface area contributed by atoms with Crippen molar-refractivity contribution in [3.8, 4) is 0 Å². The third-order valence-electron chi connectivity index (χ3n) is 2.54. The van der Waals surface area contributed by atoms with E-state index in [1.807, 2.05) is 45.0 Å². The Balaban J connectivity index is 2.71. The highest BCUT2D eigenvalue weighted by molar-refractivity contribution is 5.98. The summed E-state index contributed by atoms with van der Waals surface area (Å²) in [5.74, 6) is -0.993. The zero-order chi connectivity index (χ0) is 14.4. The second-order valence-corrected chi connectivity index (χ2v) is 4.68. The van der Waals surface area contributed by atoms with Crippen molar-refractivity contribution in [2.75, 3.05) is 0 Å². The van der Waals surface area contributed by atoms with Gasteiger partial charge < -0.3 is 15.7 Å². The second kappa shape index (κ2) is 6.89. The third kappa shape index (κ3) is 5.09. The van der Waals surface area contributed by atoms with Gasteiger partial charge in [0.05, 0.1) is 5.71 Å². The summed E-state index contributed by atoms with van der Waals surface area (Å²) in [5, 5.41) is 12.8. The first-order valence-electron chi connectivity index (χ1n) is 6.18. The van der Waals surface area contributed by atoms with E-state index in [1.54, 1.807) is 0 Å². The molecule has 0 aliphatic carbocycles. The van der Waals surface area contributed by atoms with Gasteiger partial charge in [-0.3, -0.25) is 4.79 Å². The molecule has 0 radical (unpaired) electrons. The summed E-state index contributed by atoms with van der Waals surface area (Å²) in [5.41, 5.74) is 8.09. The third-order valence-corrected chi connectivity index (χ3v) is 2.54. The number of carboxylic acid groups (broad SMARTS) is 1. The number of hydrogen-bond acceptors (Lipinski definition) is 4. The molecule has 0 heterocycles. The molecular weight excluding hydrogens is 244 g/mol. The van der Waals surface area contributed by atoms with Crippen LogP contribution in [0.1, 0.15) is 31.9 Å². The maximum Gasteiger partial charge on any atom is 0.320 e. The van der Waals surface area contributed by atoms with Crippen molar-refractivity contribution in [3.63, 3.8) is 0 Å². The zero-order valence-corrected chi connectivity index (χ0v) is 11.5. The van der Waals surface area contributed by atoms with E-state index in [0.29, 0.717) is 6.42 Å². The predicted octanol–water partition coefficient (Wildman–Crippen LogP) is 1.79. The Morgan fingerprint density at radius 1 is 1.37 bits per heavy atom. The van der Waals surface area contributed by atoms with Gasteiger partial charge in [0.1, 0.15) is 12.1 Å². The number of benzene rings is 1. The smallest absolute Gasteiger partial charge is 0.320 e. The molecular formula is C14H20N2O3. The fourth-order valence-corrected chi connectivity index (χ4v) is 1.46. The van der Waals surface area contributed by atoms with Gasteiger partial charge in [0.25, 0.3) is 0 Å². The number of nitrogens with zero attached hydrogens (tertiary/aromatic N) is 1. The lowest BCUT2D eigenvalue weighted by Crippen LogP contribution is -2.32. The van der Waals surface area contributed by atoms with Crippen LogP contribution in [0.5, 0.6) is 0 Å². The maximum atomic E-state index is 10.7. The molecule has 0 aliphatic rings. The fourth-order valence-electron chi connectivity index (χ4n) is 1.46. The van der Waals surface area contributed by atoms with E-state index in [4.69, 9.17) is 15.7 Å². The Bertz CT molecular complexity index is 452. The highest BCUT2D eigenvalue weighted by Gasteiger charge is 2.11. The normalized spacial score (nSPS) is 13.4. The molecule has 104 valence electrons. The first kappa shape index (κ1) is 15.2. The number of aliphatic carboxylic acids is 1. The first-order chi connectivity index (χ1) is 8.90. The quantitative estimate of drug-likeness (QED) is 0.606. The maximum absolute atomic E-state index is 10.7.